The first-order valence-corrected chi connectivity index (χ1v) is 10.5. The molecule has 1 aliphatic rings. The van der Waals surface area contributed by atoms with Crippen molar-refractivity contribution in [2.45, 2.75) is 6.54 Å². The van der Waals surface area contributed by atoms with Crippen LogP contribution in [0.25, 0.3) is 0 Å². The van der Waals surface area contributed by atoms with Gasteiger partial charge in [0.05, 0.1) is 13.7 Å². The number of nitrogens with zero attached hydrogens (tertiary/aromatic N) is 1. The molecule has 3 aromatic carbocycles. The Hall–Kier alpha value is -4.10. The van der Waals surface area contributed by atoms with Crippen LogP contribution in [0.5, 0.6) is 5.75 Å². The Labute approximate surface area is 195 Å². The van der Waals surface area contributed by atoms with Crippen LogP contribution in [0.15, 0.2) is 89.6 Å². The zero-order chi connectivity index (χ0) is 23.4. The van der Waals surface area contributed by atoms with Crippen LogP contribution in [0, 0.1) is 0 Å². The van der Waals surface area contributed by atoms with Crippen LogP contribution >= 0.6 is 11.6 Å². The third-order valence-electron chi connectivity index (χ3n) is 5.02. The highest BCUT2D eigenvalue weighted by Crippen LogP contribution is 2.27. The maximum Gasteiger partial charge on any atom is 0.279 e. The van der Waals surface area contributed by atoms with Crippen LogP contribution in [-0.4, -0.2) is 29.7 Å². The number of hydrogen-bond donors (Lipinski definition) is 2. The number of amides is 3. The fourth-order valence-electron chi connectivity index (χ4n) is 3.35. The highest BCUT2D eigenvalue weighted by Gasteiger charge is 2.37. The molecule has 0 spiro atoms. The molecule has 33 heavy (non-hydrogen) atoms. The number of ether oxygens (including phenoxy) is 1. The van der Waals surface area contributed by atoms with E-state index >= 15 is 0 Å². The highest BCUT2D eigenvalue weighted by atomic mass is 35.5. The van der Waals surface area contributed by atoms with Gasteiger partial charge in [0.2, 0.25) is 0 Å². The normalized spacial score (nSPS) is 13.3. The second-order valence-electron chi connectivity index (χ2n) is 7.26. The second-order valence-corrected chi connectivity index (χ2v) is 7.64. The van der Waals surface area contributed by atoms with Crippen molar-refractivity contribution in [1.29, 1.82) is 0 Å². The Kier molecular flexibility index (Phi) is 6.42. The third-order valence-corrected chi connectivity index (χ3v) is 5.37. The van der Waals surface area contributed by atoms with Crippen LogP contribution in [0.2, 0.25) is 0 Å². The van der Waals surface area contributed by atoms with Crippen LogP contribution in [0.4, 0.5) is 11.4 Å². The van der Waals surface area contributed by atoms with E-state index in [9.17, 15) is 14.4 Å². The summed E-state index contributed by atoms with van der Waals surface area (Å²) in [5, 5.41) is 5.51. The standard InChI is InChI=1S/C25H20ClN3O4/c1-33-20-12-6-11-19(14-20)28-23(30)17-9-5-10-18(13-17)27-22-21(26)24(31)29(25(22)32)15-16-7-3-2-4-8-16/h2-14,27H,15H2,1H3,(H,28,30). The molecular formula is C25H20ClN3O4. The molecule has 0 fully saturated rings. The molecule has 1 heterocycles. The van der Waals surface area contributed by atoms with Gasteiger partial charge in [-0.05, 0) is 35.9 Å². The summed E-state index contributed by atoms with van der Waals surface area (Å²) in [4.78, 5) is 39.2. The van der Waals surface area contributed by atoms with E-state index < -0.39 is 11.8 Å². The number of hydrogen-bond acceptors (Lipinski definition) is 5. The number of carbonyl (C=O) groups is 3. The minimum absolute atomic E-state index is 0.0250. The van der Waals surface area contributed by atoms with Gasteiger partial charge in [0.1, 0.15) is 16.5 Å². The highest BCUT2D eigenvalue weighted by molar-refractivity contribution is 6.48. The summed E-state index contributed by atoms with van der Waals surface area (Å²) in [5.41, 5.74) is 2.17. The lowest BCUT2D eigenvalue weighted by Crippen LogP contribution is -2.31. The molecule has 8 heteroatoms. The van der Waals surface area contributed by atoms with Gasteiger partial charge in [-0.15, -0.1) is 0 Å². The molecule has 0 atom stereocenters. The van der Waals surface area contributed by atoms with Crippen molar-refractivity contribution >= 4 is 40.7 Å². The maximum absolute atomic E-state index is 12.9. The SMILES string of the molecule is COc1cccc(NC(=O)c2cccc(NC3=C(Cl)C(=O)N(Cc4ccccc4)C3=O)c2)c1. The predicted octanol–water partition coefficient (Wildman–Crippen LogP) is 4.38. The van der Waals surface area contributed by atoms with E-state index in [1.54, 1.807) is 55.6 Å². The Morgan fingerprint density at radius 2 is 1.64 bits per heavy atom. The van der Waals surface area contributed by atoms with Gasteiger partial charge < -0.3 is 15.4 Å². The molecule has 7 nitrogen and oxygen atoms in total. The first kappa shape index (κ1) is 22.1. The lowest BCUT2D eigenvalue weighted by Gasteiger charge is -2.15. The molecule has 4 rings (SSSR count). The largest absolute Gasteiger partial charge is 0.497 e. The van der Waals surface area contributed by atoms with Crippen molar-refractivity contribution in [2.24, 2.45) is 0 Å². The van der Waals surface area contributed by atoms with Gasteiger partial charge in [0.25, 0.3) is 17.7 Å². The van der Waals surface area contributed by atoms with Crippen LogP contribution in [0.3, 0.4) is 0 Å². The zero-order valence-electron chi connectivity index (χ0n) is 17.7. The van der Waals surface area contributed by atoms with Crippen LogP contribution in [-0.2, 0) is 16.1 Å². The summed E-state index contributed by atoms with van der Waals surface area (Å²) < 4.78 is 5.17. The van der Waals surface area contributed by atoms with Crippen molar-refractivity contribution in [2.75, 3.05) is 17.7 Å². The van der Waals surface area contributed by atoms with Crippen molar-refractivity contribution in [1.82, 2.24) is 4.90 Å². The molecule has 0 unspecified atom stereocenters. The molecule has 0 radical (unpaired) electrons. The summed E-state index contributed by atoms with van der Waals surface area (Å²) in [6.07, 6.45) is 0. The van der Waals surface area contributed by atoms with Gasteiger partial charge >= 0.3 is 0 Å². The third kappa shape index (κ3) is 4.88. The lowest BCUT2D eigenvalue weighted by molar-refractivity contribution is -0.138. The number of anilines is 2. The maximum atomic E-state index is 12.9. The molecule has 0 bridgehead atoms. The average Bonchev–Trinajstić information content (AvgIpc) is 3.03. The molecular weight excluding hydrogens is 442 g/mol. The lowest BCUT2D eigenvalue weighted by atomic mass is 10.1. The van der Waals surface area contributed by atoms with E-state index in [-0.39, 0.29) is 23.2 Å². The van der Waals surface area contributed by atoms with Crippen molar-refractivity contribution < 1.29 is 19.1 Å². The minimum atomic E-state index is -0.569. The number of rotatable bonds is 7. The Balaban J connectivity index is 1.49. The van der Waals surface area contributed by atoms with Gasteiger partial charge in [-0.25, -0.2) is 0 Å². The molecule has 1 aliphatic heterocycles. The molecule has 3 amide bonds. The smallest absolute Gasteiger partial charge is 0.279 e. The Bertz CT molecular complexity index is 1260. The van der Waals surface area contributed by atoms with E-state index in [4.69, 9.17) is 16.3 Å². The average molecular weight is 462 g/mol. The molecule has 0 saturated carbocycles. The van der Waals surface area contributed by atoms with E-state index in [0.717, 1.165) is 10.5 Å². The Morgan fingerprint density at radius 1 is 0.909 bits per heavy atom. The number of imide groups is 1. The fraction of sp³-hybridized carbons (Fsp3) is 0.0800. The first-order valence-electron chi connectivity index (χ1n) is 10.1. The molecule has 2 N–H and O–H groups in total. The summed E-state index contributed by atoms with van der Waals surface area (Å²) >= 11 is 6.19. The van der Waals surface area contributed by atoms with Gasteiger partial charge in [-0.2, -0.15) is 0 Å². The predicted molar refractivity (Wildman–Crippen MR) is 126 cm³/mol. The quantitative estimate of drug-likeness (QED) is 0.510. The number of benzene rings is 3. The number of halogens is 1. The van der Waals surface area contributed by atoms with E-state index in [1.807, 2.05) is 30.3 Å². The van der Waals surface area contributed by atoms with E-state index in [2.05, 4.69) is 10.6 Å². The minimum Gasteiger partial charge on any atom is -0.497 e. The van der Waals surface area contributed by atoms with E-state index in [0.29, 0.717) is 22.7 Å². The van der Waals surface area contributed by atoms with Crippen molar-refractivity contribution in [3.05, 3.63) is 101 Å². The summed E-state index contributed by atoms with van der Waals surface area (Å²) in [6, 6.07) is 22.7. The monoisotopic (exact) mass is 461 g/mol. The van der Waals surface area contributed by atoms with E-state index in [1.165, 1.54) is 0 Å². The summed E-state index contributed by atoms with van der Waals surface area (Å²) in [5.74, 6) is -0.819. The molecule has 3 aromatic rings. The van der Waals surface area contributed by atoms with Gasteiger partial charge in [0.15, 0.2) is 0 Å². The Morgan fingerprint density at radius 3 is 2.39 bits per heavy atom. The van der Waals surface area contributed by atoms with Crippen molar-refractivity contribution in [3.63, 3.8) is 0 Å². The van der Waals surface area contributed by atoms with Gasteiger partial charge in [-0.3, -0.25) is 19.3 Å². The van der Waals surface area contributed by atoms with Gasteiger partial charge in [0, 0.05) is 23.0 Å². The number of methoxy groups -OCH3 is 1. The summed E-state index contributed by atoms with van der Waals surface area (Å²) in [7, 11) is 1.55. The fourth-order valence-corrected chi connectivity index (χ4v) is 3.58. The molecule has 0 aromatic heterocycles. The van der Waals surface area contributed by atoms with Crippen LogP contribution in [0.1, 0.15) is 15.9 Å². The van der Waals surface area contributed by atoms with Crippen LogP contribution < -0.4 is 15.4 Å². The number of nitrogens with one attached hydrogen (secondary N) is 2. The second kappa shape index (κ2) is 9.58. The van der Waals surface area contributed by atoms with Gasteiger partial charge in [-0.1, -0.05) is 54.1 Å². The van der Waals surface area contributed by atoms with Crippen molar-refractivity contribution in [3.8, 4) is 5.75 Å². The first-order chi connectivity index (χ1) is 16.0. The molecule has 0 aliphatic carbocycles. The molecule has 166 valence electrons. The number of carbonyl (C=O) groups excluding carboxylic acids is 3. The zero-order valence-corrected chi connectivity index (χ0v) is 18.4. The topological polar surface area (TPSA) is 87.7 Å². The summed E-state index contributed by atoms with van der Waals surface area (Å²) in [6.45, 7) is 0.114. The molecule has 0 saturated heterocycles.